The summed E-state index contributed by atoms with van der Waals surface area (Å²) in [6, 6.07) is 3.43. The van der Waals surface area contributed by atoms with E-state index in [1.165, 1.54) is 6.07 Å². The number of halogens is 2. The Hall–Kier alpha value is -1.49. The van der Waals surface area contributed by atoms with Crippen LogP contribution >= 0.6 is 0 Å². The topological polar surface area (TPSA) is 32.3 Å². The van der Waals surface area contributed by atoms with Gasteiger partial charge in [0.2, 0.25) is 0 Å². The van der Waals surface area contributed by atoms with Crippen LogP contribution in [0.4, 0.5) is 8.78 Å². The van der Waals surface area contributed by atoms with E-state index in [0.29, 0.717) is 0 Å². The summed E-state index contributed by atoms with van der Waals surface area (Å²) in [5.41, 5.74) is 0.193. The van der Waals surface area contributed by atoms with Gasteiger partial charge in [0.15, 0.2) is 11.6 Å². The monoisotopic (exact) mass is 268 g/mol. The van der Waals surface area contributed by atoms with Crippen molar-refractivity contribution in [3.8, 4) is 0 Å². The molecule has 1 heterocycles. The smallest absolute Gasteiger partial charge is 0.253 e. The predicted octanol–water partition coefficient (Wildman–Crippen LogP) is 2.18. The van der Waals surface area contributed by atoms with Crippen molar-refractivity contribution in [3.05, 3.63) is 35.4 Å². The molecule has 0 aromatic heterocycles. The average molecular weight is 268 g/mol. The number of carbonyl (C=O) groups is 1. The van der Waals surface area contributed by atoms with Crippen molar-refractivity contribution in [3.63, 3.8) is 0 Å². The largest absolute Gasteiger partial charge is 0.339 e. The lowest BCUT2D eigenvalue weighted by atomic mass is 10.1. The number of nitrogens with zero attached hydrogens (tertiary/aromatic N) is 1. The SMILES string of the molecule is CN(C(=O)c1ccc(F)c(F)c1)C1CCCNCC1. The van der Waals surface area contributed by atoms with Gasteiger partial charge in [0.05, 0.1) is 0 Å². The predicted molar refractivity (Wildman–Crippen MR) is 69.0 cm³/mol. The molecule has 1 aromatic carbocycles. The van der Waals surface area contributed by atoms with Gasteiger partial charge in [-0.2, -0.15) is 0 Å². The van der Waals surface area contributed by atoms with Crippen LogP contribution in [-0.4, -0.2) is 37.0 Å². The summed E-state index contributed by atoms with van der Waals surface area (Å²) in [7, 11) is 1.72. The second-order valence-corrected chi connectivity index (χ2v) is 4.88. The average Bonchev–Trinajstić information content (AvgIpc) is 2.69. The lowest BCUT2D eigenvalue weighted by Crippen LogP contribution is -2.37. The van der Waals surface area contributed by atoms with Gasteiger partial charge < -0.3 is 10.2 Å². The number of rotatable bonds is 2. The molecule has 1 aromatic rings. The molecule has 0 saturated carbocycles. The lowest BCUT2D eigenvalue weighted by molar-refractivity contribution is 0.0720. The van der Waals surface area contributed by atoms with Crippen LogP contribution in [0.25, 0.3) is 0 Å². The Labute approximate surface area is 111 Å². The molecule has 1 aliphatic rings. The highest BCUT2D eigenvalue weighted by atomic mass is 19.2. The number of hydrogen-bond acceptors (Lipinski definition) is 2. The van der Waals surface area contributed by atoms with Crippen molar-refractivity contribution in [1.29, 1.82) is 0 Å². The van der Waals surface area contributed by atoms with Gasteiger partial charge in [-0.15, -0.1) is 0 Å². The minimum absolute atomic E-state index is 0.149. The summed E-state index contributed by atoms with van der Waals surface area (Å²) < 4.78 is 26.0. The van der Waals surface area contributed by atoms with Crippen LogP contribution in [0.2, 0.25) is 0 Å². The molecule has 2 rings (SSSR count). The Morgan fingerprint density at radius 3 is 2.79 bits per heavy atom. The molecule has 1 N–H and O–H groups in total. The number of amides is 1. The van der Waals surface area contributed by atoms with Crippen LogP contribution in [-0.2, 0) is 0 Å². The van der Waals surface area contributed by atoms with Crippen LogP contribution in [0.5, 0.6) is 0 Å². The molecular formula is C14H18F2N2O. The van der Waals surface area contributed by atoms with E-state index in [1.54, 1.807) is 11.9 Å². The van der Waals surface area contributed by atoms with Crippen molar-refractivity contribution in [2.75, 3.05) is 20.1 Å². The van der Waals surface area contributed by atoms with Crippen molar-refractivity contribution in [2.24, 2.45) is 0 Å². The molecule has 1 aliphatic heterocycles. The molecule has 104 valence electrons. The third-order valence-electron chi connectivity index (χ3n) is 3.58. The van der Waals surface area contributed by atoms with E-state index in [4.69, 9.17) is 0 Å². The summed E-state index contributed by atoms with van der Waals surface area (Å²) >= 11 is 0. The highest BCUT2D eigenvalue weighted by molar-refractivity contribution is 5.94. The molecule has 0 bridgehead atoms. The van der Waals surface area contributed by atoms with Crippen molar-refractivity contribution in [2.45, 2.75) is 25.3 Å². The molecule has 0 spiro atoms. The van der Waals surface area contributed by atoms with Crippen LogP contribution in [0.15, 0.2) is 18.2 Å². The fourth-order valence-corrected chi connectivity index (χ4v) is 2.39. The molecular weight excluding hydrogens is 250 g/mol. The molecule has 1 fully saturated rings. The maximum absolute atomic E-state index is 13.2. The highest BCUT2D eigenvalue weighted by Crippen LogP contribution is 2.16. The van der Waals surface area contributed by atoms with E-state index in [9.17, 15) is 13.6 Å². The molecule has 3 nitrogen and oxygen atoms in total. The molecule has 0 radical (unpaired) electrons. The zero-order chi connectivity index (χ0) is 13.8. The fourth-order valence-electron chi connectivity index (χ4n) is 2.39. The van der Waals surface area contributed by atoms with Gasteiger partial charge in [0.25, 0.3) is 5.91 Å². The molecule has 0 aliphatic carbocycles. The first-order valence-electron chi connectivity index (χ1n) is 6.52. The van der Waals surface area contributed by atoms with Crippen LogP contribution in [0.3, 0.4) is 0 Å². The minimum atomic E-state index is -0.984. The van der Waals surface area contributed by atoms with Gasteiger partial charge in [0, 0.05) is 18.7 Å². The highest BCUT2D eigenvalue weighted by Gasteiger charge is 2.22. The second kappa shape index (κ2) is 6.10. The lowest BCUT2D eigenvalue weighted by Gasteiger charge is -2.27. The summed E-state index contributed by atoms with van der Waals surface area (Å²) in [4.78, 5) is 13.9. The Morgan fingerprint density at radius 1 is 1.26 bits per heavy atom. The van der Waals surface area contributed by atoms with Crippen LogP contribution in [0.1, 0.15) is 29.6 Å². The van der Waals surface area contributed by atoms with Gasteiger partial charge in [0.1, 0.15) is 0 Å². The van der Waals surface area contributed by atoms with Gasteiger partial charge >= 0.3 is 0 Å². The molecule has 5 heteroatoms. The van der Waals surface area contributed by atoms with E-state index in [0.717, 1.165) is 44.5 Å². The number of carbonyl (C=O) groups excluding carboxylic acids is 1. The van der Waals surface area contributed by atoms with Crippen molar-refractivity contribution < 1.29 is 13.6 Å². The van der Waals surface area contributed by atoms with E-state index in [-0.39, 0.29) is 17.5 Å². The summed E-state index contributed by atoms with van der Waals surface area (Å²) in [6.07, 6.45) is 2.82. The maximum atomic E-state index is 13.2. The quantitative estimate of drug-likeness (QED) is 0.891. The maximum Gasteiger partial charge on any atom is 0.253 e. The zero-order valence-electron chi connectivity index (χ0n) is 11.0. The van der Waals surface area contributed by atoms with Crippen LogP contribution in [0, 0.1) is 11.6 Å². The van der Waals surface area contributed by atoms with Gasteiger partial charge in [-0.25, -0.2) is 8.78 Å². The zero-order valence-corrected chi connectivity index (χ0v) is 11.0. The molecule has 1 atom stereocenters. The molecule has 1 amide bonds. The second-order valence-electron chi connectivity index (χ2n) is 4.88. The van der Waals surface area contributed by atoms with E-state index in [2.05, 4.69) is 5.32 Å². The first kappa shape index (κ1) is 13.9. The fraction of sp³-hybridized carbons (Fsp3) is 0.500. The standard InChI is InChI=1S/C14H18F2N2O/c1-18(11-3-2-7-17-8-6-11)14(19)10-4-5-12(15)13(16)9-10/h4-5,9,11,17H,2-3,6-8H2,1H3. The third kappa shape index (κ3) is 3.29. The summed E-state index contributed by atoms with van der Waals surface area (Å²) in [5.74, 6) is -2.18. The Balaban J connectivity index is 2.10. The van der Waals surface area contributed by atoms with Crippen molar-refractivity contribution in [1.82, 2.24) is 10.2 Å². The number of benzene rings is 1. The Morgan fingerprint density at radius 2 is 2.05 bits per heavy atom. The Kier molecular flexibility index (Phi) is 4.47. The molecule has 1 saturated heterocycles. The van der Waals surface area contributed by atoms with Gasteiger partial charge in [-0.3, -0.25) is 4.79 Å². The Bertz CT molecular complexity index is 457. The normalized spacial score (nSPS) is 19.8. The molecule has 19 heavy (non-hydrogen) atoms. The molecule has 1 unspecified atom stereocenters. The van der Waals surface area contributed by atoms with E-state index >= 15 is 0 Å². The third-order valence-corrected chi connectivity index (χ3v) is 3.58. The van der Waals surface area contributed by atoms with Gasteiger partial charge in [-0.1, -0.05) is 0 Å². The van der Waals surface area contributed by atoms with E-state index < -0.39 is 11.6 Å². The minimum Gasteiger partial charge on any atom is -0.339 e. The van der Waals surface area contributed by atoms with Gasteiger partial charge in [-0.05, 0) is 50.6 Å². The van der Waals surface area contributed by atoms with Crippen LogP contribution < -0.4 is 5.32 Å². The summed E-state index contributed by atoms with van der Waals surface area (Å²) in [5, 5.41) is 3.28. The van der Waals surface area contributed by atoms with E-state index in [1.807, 2.05) is 0 Å². The number of hydrogen-bond donors (Lipinski definition) is 1. The van der Waals surface area contributed by atoms with Crippen molar-refractivity contribution >= 4 is 5.91 Å². The number of nitrogens with one attached hydrogen (secondary N) is 1. The summed E-state index contributed by atoms with van der Waals surface area (Å²) in [6.45, 7) is 1.84. The first-order valence-corrected chi connectivity index (χ1v) is 6.52. The first-order chi connectivity index (χ1) is 9.09.